The van der Waals surface area contributed by atoms with Crippen LogP contribution in [-0.4, -0.2) is 46.4 Å². The highest BCUT2D eigenvalue weighted by molar-refractivity contribution is 7.10. The van der Waals surface area contributed by atoms with Crippen molar-refractivity contribution in [1.82, 2.24) is 20.7 Å². The van der Waals surface area contributed by atoms with E-state index >= 15 is 0 Å². The zero-order valence-electron chi connectivity index (χ0n) is 18.0. The van der Waals surface area contributed by atoms with Gasteiger partial charge in [-0.05, 0) is 41.8 Å². The van der Waals surface area contributed by atoms with E-state index in [0.29, 0.717) is 19.4 Å². The lowest BCUT2D eigenvalue weighted by atomic mass is 9.82. The minimum absolute atomic E-state index is 0.112. The van der Waals surface area contributed by atoms with E-state index in [1.807, 2.05) is 18.2 Å². The topological polar surface area (TPSA) is 81.8 Å². The first-order valence-corrected chi connectivity index (χ1v) is 12.3. The zero-order valence-corrected chi connectivity index (χ0v) is 18.8. The van der Waals surface area contributed by atoms with Crippen LogP contribution in [0.5, 0.6) is 0 Å². The van der Waals surface area contributed by atoms with E-state index < -0.39 is 11.6 Å². The number of hydrogen-bond donors (Lipinski definition) is 2. The van der Waals surface area contributed by atoms with E-state index in [0.717, 1.165) is 37.2 Å². The molecule has 1 spiro atoms. The second-order valence-corrected chi connectivity index (χ2v) is 9.90. The maximum Gasteiger partial charge on any atom is 0.344 e. The summed E-state index contributed by atoms with van der Waals surface area (Å²) in [5.41, 5.74) is 4.25. The predicted molar refractivity (Wildman–Crippen MR) is 122 cm³/mol. The first-order chi connectivity index (χ1) is 15.6. The molecule has 1 unspecified atom stereocenters. The third-order valence-corrected chi connectivity index (χ3v) is 7.91. The number of nitrogens with one attached hydrogen (secondary N) is 2. The van der Waals surface area contributed by atoms with E-state index in [-0.39, 0.29) is 24.3 Å². The van der Waals surface area contributed by atoms with Crippen molar-refractivity contribution in [2.45, 2.75) is 56.5 Å². The molecule has 7 nitrogen and oxygen atoms in total. The third kappa shape index (κ3) is 3.82. The van der Waals surface area contributed by atoms with Gasteiger partial charge in [0, 0.05) is 24.4 Å². The van der Waals surface area contributed by atoms with Crippen molar-refractivity contribution >= 4 is 29.2 Å². The number of imide groups is 1. The average molecular weight is 453 g/mol. The van der Waals surface area contributed by atoms with E-state index in [9.17, 15) is 14.4 Å². The van der Waals surface area contributed by atoms with Crippen molar-refractivity contribution in [2.24, 2.45) is 0 Å². The van der Waals surface area contributed by atoms with Gasteiger partial charge in [0.15, 0.2) is 0 Å². The van der Waals surface area contributed by atoms with Gasteiger partial charge in [0.1, 0.15) is 5.54 Å². The molecule has 1 aliphatic carbocycles. The molecule has 3 heterocycles. The molecule has 2 fully saturated rings. The summed E-state index contributed by atoms with van der Waals surface area (Å²) in [4.78, 5) is 41.8. The Morgan fingerprint density at radius 2 is 1.91 bits per heavy atom. The SMILES string of the molecule is O=C(CCN1CCc2sccc2C1c1ccccc1)NN1C(=O)NC2(CCCCC2)C1=O. The molecule has 8 heteroatoms. The average Bonchev–Trinajstić information content (AvgIpc) is 3.37. The fraction of sp³-hybridized carbons (Fsp3) is 0.458. The second-order valence-electron chi connectivity index (χ2n) is 8.90. The van der Waals surface area contributed by atoms with Crippen molar-refractivity contribution in [1.29, 1.82) is 0 Å². The Labute approximate surface area is 191 Å². The zero-order chi connectivity index (χ0) is 22.1. The van der Waals surface area contributed by atoms with E-state index in [1.165, 1.54) is 16.0 Å². The maximum absolute atomic E-state index is 12.9. The third-order valence-electron chi connectivity index (χ3n) is 6.91. The lowest BCUT2D eigenvalue weighted by Crippen LogP contribution is -2.51. The van der Waals surface area contributed by atoms with Gasteiger partial charge in [-0.25, -0.2) is 4.79 Å². The van der Waals surface area contributed by atoms with Gasteiger partial charge in [0.05, 0.1) is 6.04 Å². The summed E-state index contributed by atoms with van der Waals surface area (Å²) in [6.45, 7) is 1.42. The first-order valence-electron chi connectivity index (χ1n) is 11.4. The molecular formula is C24H28N4O3S. The van der Waals surface area contributed by atoms with Gasteiger partial charge in [-0.15, -0.1) is 11.3 Å². The minimum Gasteiger partial charge on any atom is -0.322 e. The molecular weight excluding hydrogens is 424 g/mol. The Hall–Kier alpha value is -2.71. The number of urea groups is 1. The Morgan fingerprint density at radius 1 is 1.12 bits per heavy atom. The molecule has 3 aliphatic rings. The van der Waals surface area contributed by atoms with Gasteiger partial charge in [0.25, 0.3) is 5.91 Å². The number of carbonyl (C=O) groups excluding carboxylic acids is 3. The van der Waals surface area contributed by atoms with Crippen LogP contribution in [0.25, 0.3) is 0 Å². The highest BCUT2D eigenvalue weighted by atomic mass is 32.1. The van der Waals surface area contributed by atoms with Crippen molar-refractivity contribution in [2.75, 3.05) is 13.1 Å². The van der Waals surface area contributed by atoms with Crippen LogP contribution >= 0.6 is 11.3 Å². The summed E-state index contributed by atoms with van der Waals surface area (Å²) in [7, 11) is 0. The summed E-state index contributed by atoms with van der Waals surface area (Å²) >= 11 is 1.79. The van der Waals surface area contributed by atoms with Crippen LogP contribution in [-0.2, 0) is 16.0 Å². The number of fused-ring (bicyclic) bond motifs is 1. The van der Waals surface area contributed by atoms with Gasteiger partial charge in [0.2, 0.25) is 5.91 Å². The lowest BCUT2D eigenvalue weighted by molar-refractivity contribution is -0.140. The van der Waals surface area contributed by atoms with Crippen molar-refractivity contribution in [3.63, 3.8) is 0 Å². The Kier molecular flexibility index (Phi) is 5.73. The molecule has 2 aromatic rings. The smallest absolute Gasteiger partial charge is 0.322 e. The second kappa shape index (κ2) is 8.67. The Bertz CT molecular complexity index is 1020. The van der Waals surface area contributed by atoms with Crippen LogP contribution < -0.4 is 10.7 Å². The van der Waals surface area contributed by atoms with Crippen LogP contribution in [0.4, 0.5) is 4.79 Å². The molecule has 0 bridgehead atoms. The molecule has 1 atom stereocenters. The fourth-order valence-electron chi connectivity index (χ4n) is 5.28. The molecule has 4 amide bonds. The number of amides is 4. The molecule has 2 aliphatic heterocycles. The van der Waals surface area contributed by atoms with Crippen LogP contribution in [0.2, 0.25) is 0 Å². The summed E-state index contributed by atoms with van der Waals surface area (Å²) in [5.74, 6) is -0.636. The van der Waals surface area contributed by atoms with Crippen molar-refractivity contribution in [3.05, 3.63) is 57.8 Å². The molecule has 1 saturated carbocycles. The number of rotatable bonds is 5. The number of thiophene rings is 1. The monoisotopic (exact) mass is 452 g/mol. The summed E-state index contributed by atoms with van der Waals surface area (Å²) in [6.07, 6.45) is 5.35. The molecule has 2 N–H and O–H groups in total. The maximum atomic E-state index is 12.9. The highest BCUT2D eigenvalue weighted by Gasteiger charge is 2.52. The van der Waals surface area contributed by atoms with Crippen LogP contribution in [0.1, 0.15) is 60.6 Å². The van der Waals surface area contributed by atoms with E-state index in [2.05, 4.69) is 39.2 Å². The summed E-state index contributed by atoms with van der Waals surface area (Å²) in [6, 6.07) is 12.1. The normalized spacial score (nSPS) is 22.6. The number of benzene rings is 1. The van der Waals surface area contributed by atoms with Gasteiger partial charge in [-0.1, -0.05) is 49.6 Å². The van der Waals surface area contributed by atoms with Crippen LogP contribution in [0.3, 0.4) is 0 Å². The van der Waals surface area contributed by atoms with Crippen LogP contribution in [0, 0.1) is 0 Å². The van der Waals surface area contributed by atoms with Gasteiger partial charge in [-0.2, -0.15) is 5.01 Å². The first kappa shape index (κ1) is 21.2. The van der Waals surface area contributed by atoms with E-state index in [1.54, 1.807) is 11.3 Å². The summed E-state index contributed by atoms with van der Waals surface area (Å²) < 4.78 is 0. The molecule has 5 rings (SSSR count). The lowest BCUT2D eigenvalue weighted by Gasteiger charge is -2.36. The quantitative estimate of drug-likeness (QED) is 0.682. The van der Waals surface area contributed by atoms with E-state index in [4.69, 9.17) is 0 Å². The minimum atomic E-state index is -0.830. The Balaban J connectivity index is 1.25. The fourth-order valence-corrected chi connectivity index (χ4v) is 6.18. The molecule has 0 radical (unpaired) electrons. The number of hydrogen-bond acceptors (Lipinski definition) is 5. The predicted octanol–water partition coefficient (Wildman–Crippen LogP) is 3.37. The molecule has 1 aromatic heterocycles. The summed E-state index contributed by atoms with van der Waals surface area (Å²) in [5, 5.41) is 5.86. The van der Waals surface area contributed by atoms with Gasteiger partial charge >= 0.3 is 6.03 Å². The largest absolute Gasteiger partial charge is 0.344 e. The number of carbonyl (C=O) groups is 3. The standard InChI is InChI=1S/C24H28N4O3S/c29-20(26-28-22(30)24(25-23(28)31)12-5-2-6-13-24)10-15-27-14-9-19-18(11-16-32-19)21(27)17-7-3-1-4-8-17/h1,3-4,7-8,11,16,21H,2,5-6,9-10,12-15H2,(H,25,31)(H,26,29). The molecule has 32 heavy (non-hydrogen) atoms. The van der Waals surface area contributed by atoms with Crippen molar-refractivity contribution in [3.8, 4) is 0 Å². The Morgan fingerprint density at radius 3 is 2.69 bits per heavy atom. The molecule has 168 valence electrons. The number of nitrogens with zero attached hydrogens (tertiary/aromatic N) is 2. The number of hydrazine groups is 1. The van der Waals surface area contributed by atoms with Gasteiger partial charge in [-0.3, -0.25) is 19.9 Å². The van der Waals surface area contributed by atoms with Crippen molar-refractivity contribution < 1.29 is 14.4 Å². The molecule has 1 saturated heterocycles. The van der Waals surface area contributed by atoms with Crippen LogP contribution in [0.15, 0.2) is 41.8 Å². The van der Waals surface area contributed by atoms with Gasteiger partial charge < -0.3 is 5.32 Å². The highest BCUT2D eigenvalue weighted by Crippen LogP contribution is 2.37. The molecule has 1 aromatic carbocycles.